The number of rotatable bonds is 7. The van der Waals surface area contributed by atoms with Gasteiger partial charge in [-0.3, -0.25) is 9.97 Å². The molecule has 5 rings (SSSR count). The number of hydrogen-bond donors (Lipinski definition) is 3. The Labute approximate surface area is 206 Å². The number of halogens is 1. The van der Waals surface area contributed by atoms with Crippen LogP contribution in [-0.2, 0) is 0 Å². The minimum absolute atomic E-state index is 0.138. The molecule has 0 aliphatic carbocycles. The molecule has 0 saturated heterocycles. The molecule has 0 aliphatic heterocycles. The van der Waals surface area contributed by atoms with Crippen LogP contribution in [0.15, 0.2) is 103 Å². The molecule has 2 aromatic carbocycles. The van der Waals surface area contributed by atoms with Gasteiger partial charge < -0.3 is 10.4 Å². The van der Waals surface area contributed by atoms with E-state index in [2.05, 4.69) is 35.8 Å². The van der Waals surface area contributed by atoms with Gasteiger partial charge in [-0.1, -0.05) is 24.3 Å². The highest BCUT2D eigenvalue weighted by Gasteiger charge is 2.09. The van der Waals surface area contributed by atoms with Gasteiger partial charge in [0, 0.05) is 23.6 Å². The Morgan fingerprint density at radius 1 is 0.806 bits per heavy atom. The molecule has 0 radical (unpaired) electrons. The molecule has 0 atom stereocenters. The van der Waals surface area contributed by atoms with Gasteiger partial charge in [-0.25, -0.2) is 19.8 Å². The van der Waals surface area contributed by atoms with Gasteiger partial charge in [0.1, 0.15) is 11.4 Å². The maximum absolute atomic E-state index is 14.1. The molecule has 0 amide bonds. The molecule has 0 unspecified atom stereocenters. The Hall–Kier alpha value is -5.18. The van der Waals surface area contributed by atoms with Crippen LogP contribution in [0.4, 0.5) is 21.7 Å². The molecule has 0 aliphatic rings. The summed E-state index contributed by atoms with van der Waals surface area (Å²) in [6, 6.07) is 22.1. The van der Waals surface area contributed by atoms with E-state index in [1.54, 1.807) is 42.7 Å². The Morgan fingerprint density at radius 2 is 1.64 bits per heavy atom. The van der Waals surface area contributed by atoms with Crippen molar-refractivity contribution in [2.24, 2.45) is 5.10 Å². The average Bonchev–Trinajstić information content (AvgIpc) is 2.91. The van der Waals surface area contributed by atoms with Crippen molar-refractivity contribution in [2.75, 3.05) is 10.7 Å². The van der Waals surface area contributed by atoms with E-state index < -0.39 is 5.82 Å². The maximum atomic E-state index is 14.1. The Balaban J connectivity index is 1.20. The summed E-state index contributed by atoms with van der Waals surface area (Å²) in [6.45, 7) is 0. The second-order valence-electron chi connectivity index (χ2n) is 7.73. The number of nitrogens with zero attached hydrogens (tertiary/aromatic N) is 5. The Kier molecular flexibility index (Phi) is 6.53. The molecule has 5 aromatic rings. The van der Waals surface area contributed by atoms with Gasteiger partial charge in [0.15, 0.2) is 5.82 Å². The number of aromatic hydroxyl groups is 1. The zero-order chi connectivity index (χ0) is 24.7. The molecule has 8 nitrogen and oxygen atoms in total. The van der Waals surface area contributed by atoms with Crippen molar-refractivity contribution < 1.29 is 9.50 Å². The second-order valence-corrected chi connectivity index (χ2v) is 7.73. The number of hydrazone groups is 1. The molecule has 3 N–H and O–H groups in total. The first-order valence-corrected chi connectivity index (χ1v) is 11.0. The summed E-state index contributed by atoms with van der Waals surface area (Å²) >= 11 is 0. The predicted octanol–water partition coefficient (Wildman–Crippen LogP) is 5.63. The number of benzene rings is 2. The van der Waals surface area contributed by atoms with E-state index >= 15 is 0 Å². The molecule has 0 spiro atoms. The zero-order valence-electron chi connectivity index (χ0n) is 18.9. The van der Waals surface area contributed by atoms with E-state index in [9.17, 15) is 9.50 Å². The first-order valence-electron chi connectivity index (χ1n) is 11.0. The molecular formula is C27H20FN7O. The van der Waals surface area contributed by atoms with Crippen LogP contribution in [0, 0.1) is 5.82 Å². The number of pyridine rings is 2. The second kappa shape index (κ2) is 10.4. The van der Waals surface area contributed by atoms with Crippen LogP contribution in [-0.4, -0.2) is 31.3 Å². The quantitative estimate of drug-likeness (QED) is 0.206. The zero-order valence-corrected chi connectivity index (χ0v) is 18.9. The van der Waals surface area contributed by atoms with Crippen molar-refractivity contribution in [3.05, 3.63) is 109 Å². The summed E-state index contributed by atoms with van der Waals surface area (Å²) < 4.78 is 14.1. The van der Waals surface area contributed by atoms with Gasteiger partial charge in [-0.15, -0.1) is 0 Å². The molecular weight excluding hydrogens is 457 g/mol. The number of phenols is 1. The third-order valence-corrected chi connectivity index (χ3v) is 5.18. The first kappa shape index (κ1) is 22.6. The van der Waals surface area contributed by atoms with Crippen molar-refractivity contribution >= 4 is 23.5 Å². The Bertz CT molecular complexity index is 1490. The third kappa shape index (κ3) is 5.48. The molecule has 0 saturated carbocycles. The summed E-state index contributed by atoms with van der Waals surface area (Å²) in [6.07, 6.45) is 7.43. The standard InChI is InChI=1S/C27H20FN7O/c28-25-17-31-27(34-26(25)20-4-2-12-29-14-20)35-32-16-22-10-11-23(15-30-22)33-21-8-6-18(7-9-21)19-3-1-5-24(36)13-19/h1-17,33,36H,(H,31,34,35)/b32-16+. The normalized spacial score (nSPS) is 10.9. The first-order chi connectivity index (χ1) is 17.6. The minimum Gasteiger partial charge on any atom is -0.508 e. The van der Waals surface area contributed by atoms with Gasteiger partial charge in [0.2, 0.25) is 5.95 Å². The lowest BCUT2D eigenvalue weighted by Gasteiger charge is -2.08. The van der Waals surface area contributed by atoms with Crippen molar-refractivity contribution in [1.29, 1.82) is 0 Å². The summed E-state index contributed by atoms with van der Waals surface area (Å²) in [5.74, 6) is -0.158. The van der Waals surface area contributed by atoms with Crippen molar-refractivity contribution in [3.63, 3.8) is 0 Å². The van der Waals surface area contributed by atoms with Crippen molar-refractivity contribution in [3.8, 4) is 28.1 Å². The summed E-state index contributed by atoms with van der Waals surface area (Å²) in [7, 11) is 0. The summed E-state index contributed by atoms with van der Waals surface area (Å²) in [5.41, 5.74) is 7.66. The average molecular weight is 478 g/mol. The fourth-order valence-corrected chi connectivity index (χ4v) is 3.44. The van der Waals surface area contributed by atoms with Crippen LogP contribution < -0.4 is 10.7 Å². The van der Waals surface area contributed by atoms with Gasteiger partial charge in [-0.2, -0.15) is 5.10 Å². The number of hydrogen-bond acceptors (Lipinski definition) is 8. The van der Waals surface area contributed by atoms with Crippen molar-refractivity contribution in [2.45, 2.75) is 0 Å². The SMILES string of the molecule is Oc1cccc(-c2ccc(Nc3ccc(/C=N/Nc4ncc(F)c(-c5cccnc5)n4)nc3)cc2)c1. The lowest BCUT2D eigenvalue weighted by molar-refractivity contribution is 0.475. The number of nitrogens with one attached hydrogen (secondary N) is 2. The maximum Gasteiger partial charge on any atom is 0.244 e. The molecule has 36 heavy (non-hydrogen) atoms. The lowest BCUT2D eigenvalue weighted by atomic mass is 10.1. The fourth-order valence-electron chi connectivity index (χ4n) is 3.44. The van der Waals surface area contributed by atoms with Crippen molar-refractivity contribution in [1.82, 2.24) is 19.9 Å². The van der Waals surface area contributed by atoms with E-state index in [1.807, 2.05) is 42.5 Å². The van der Waals surface area contributed by atoms with E-state index in [4.69, 9.17) is 0 Å². The van der Waals surface area contributed by atoms with E-state index in [0.717, 1.165) is 28.7 Å². The smallest absolute Gasteiger partial charge is 0.244 e. The summed E-state index contributed by atoms with van der Waals surface area (Å²) in [5, 5.41) is 17.1. The molecule has 0 fully saturated rings. The highest BCUT2D eigenvalue weighted by molar-refractivity contribution is 5.78. The van der Waals surface area contributed by atoms with Crippen LogP contribution in [0.25, 0.3) is 22.4 Å². The van der Waals surface area contributed by atoms with Gasteiger partial charge in [0.25, 0.3) is 0 Å². The molecule has 176 valence electrons. The van der Waals surface area contributed by atoms with Gasteiger partial charge in [0.05, 0.1) is 30.0 Å². The van der Waals surface area contributed by atoms with Gasteiger partial charge >= 0.3 is 0 Å². The monoisotopic (exact) mass is 477 g/mol. The highest BCUT2D eigenvalue weighted by Crippen LogP contribution is 2.25. The van der Waals surface area contributed by atoms with Crippen LogP contribution in [0.3, 0.4) is 0 Å². The van der Waals surface area contributed by atoms with Crippen LogP contribution in [0.5, 0.6) is 5.75 Å². The number of phenolic OH excluding ortho intramolecular Hbond substituents is 1. The summed E-state index contributed by atoms with van der Waals surface area (Å²) in [4.78, 5) is 16.4. The number of aromatic nitrogens is 4. The van der Waals surface area contributed by atoms with Crippen LogP contribution >= 0.6 is 0 Å². The van der Waals surface area contributed by atoms with Gasteiger partial charge in [-0.05, 0) is 59.7 Å². The number of anilines is 3. The molecule has 3 heterocycles. The van der Waals surface area contributed by atoms with E-state index in [1.165, 1.54) is 12.4 Å². The predicted molar refractivity (Wildman–Crippen MR) is 138 cm³/mol. The highest BCUT2D eigenvalue weighted by atomic mass is 19.1. The van der Waals surface area contributed by atoms with E-state index in [0.29, 0.717) is 11.3 Å². The van der Waals surface area contributed by atoms with Crippen LogP contribution in [0.2, 0.25) is 0 Å². The van der Waals surface area contributed by atoms with Crippen LogP contribution in [0.1, 0.15) is 5.69 Å². The molecule has 9 heteroatoms. The topological polar surface area (TPSA) is 108 Å². The largest absolute Gasteiger partial charge is 0.508 e. The molecule has 0 bridgehead atoms. The molecule has 3 aromatic heterocycles. The lowest BCUT2D eigenvalue weighted by Crippen LogP contribution is -2.01. The third-order valence-electron chi connectivity index (χ3n) is 5.18. The Morgan fingerprint density at radius 3 is 2.39 bits per heavy atom. The minimum atomic E-state index is -0.545. The fraction of sp³-hybridized carbons (Fsp3) is 0. The van der Waals surface area contributed by atoms with E-state index in [-0.39, 0.29) is 17.4 Å².